The molecule has 0 spiro atoms. The van der Waals surface area contributed by atoms with E-state index >= 15 is 0 Å². The van der Waals surface area contributed by atoms with Crippen LogP contribution in [0.25, 0.3) is 11.4 Å². The highest BCUT2D eigenvalue weighted by atomic mass is 32.2. The summed E-state index contributed by atoms with van der Waals surface area (Å²) < 4.78 is 14.6. The van der Waals surface area contributed by atoms with Gasteiger partial charge in [0.2, 0.25) is 5.91 Å². The fraction of sp³-hybridized carbons (Fsp3) is 0.167. The Morgan fingerprint density at radius 1 is 1.33 bits per heavy atom. The third-order valence-corrected chi connectivity index (χ3v) is 3.55. The summed E-state index contributed by atoms with van der Waals surface area (Å²) in [6.45, 7) is 0. The van der Waals surface area contributed by atoms with E-state index in [0.717, 1.165) is 11.8 Å². The van der Waals surface area contributed by atoms with Crippen molar-refractivity contribution in [2.45, 2.75) is 5.16 Å². The Labute approximate surface area is 123 Å². The highest BCUT2D eigenvalue weighted by Crippen LogP contribution is 2.22. The van der Waals surface area contributed by atoms with Crippen LogP contribution in [0.5, 0.6) is 0 Å². The number of nitrogens with one attached hydrogen (secondary N) is 1. The van der Waals surface area contributed by atoms with Gasteiger partial charge in [0.25, 0.3) is 0 Å². The van der Waals surface area contributed by atoms with Gasteiger partial charge in [0.15, 0.2) is 11.0 Å². The summed E-state index contributed by atoms with van der Waals surface area (Å²) >= 11 is 1.11. The summed E-state index contributed by atoms with van der Waals surface area (Å²) in [5, 5.41) is 10.4. The molecule has 2 rings (SSSR count). The van der Waals surface area contributed by atoms with Gasteiger partial charge < -0.3 is 10.3 Å². The van der Waals surface area contributed by atoms with Crippen LogP contribution >= 0.6 is 11.8 Å². The van der Waals surface area contributed by atoms with E-state index in [4.69, 9.17) is 5.73 Å². The molecule has 2 aromatic rings. The number of nitrogens with zero attached hydrogens (tertiary/aromatic N) is 3. The molecule has 21 heavy (non-hydrogen) atoms. The van der Waals surface area contributed by atoms with Gasteiger partial charge in [-0.15, -0.1) is 10.2 Å². The summed E-state index contributed by atoms with van der Waals surface area (Å²) in [6.07, 6.45) is 0. The first-order valence-electron chi connectivity index (χ1n) is 5.85. The lowest BCUT2D eigenvalue weighted by Crippen LogP contribution is -2.36. The number of halogens is 1. The highest BCUT2D eigenvalue weighted by molar-refractivity contribution is 7.99. The number of imide groups is 1. The van der Waals surface area contributed by atoms with Crippen LogP contribution in [0.2, 0.25) is 0 Å². The SMILES string of the molecule is Cn1c(SCC(=O)NC(N)=O)nnc1-c1ccc(F)cc1. The minimum absolute atomic E-state index is 0.0155. The van der Waals surface area contributed by atoms with Crippen LogP contribution in [0.15, 0.2) is 29.4 Å². The van der Waals surface area contributed by atoms with Crippen LogP contribution < -0.4 is 11.1 Å². The van der Waals surface area contributed by atoms with Gasteiger partial charge in [0.05, 0.1) is 5.75 Å². The maximum absolute atomic E-state index is 12.9. The maximum atomic E-state index is 12.9. The van der Waals surface area contributed by atoms with Crippen LogP contribution in [0.4, 0.5) is 9.18 Å². The van der Waals surface area contributed by atoms with Crippen molar-refractivity contribution in [1.29, 1.82) is 0 Å². The van der Waals surface area contributed by atoms with Gasteiger partial charge in [-0.25, -0.2) is 9.18 Å². The minimum Gasteiger partial charge on any atom is -0.351 e. The third kappa shape index (κ3) is 3.78. The molecule has 0 saturated carbocycles. The van der Waals surface area contributed by atoms with Gasteiger partial charge in [-0.2, -0.15) is 0 Å². The second-order valence-electron chi connectivity index (χ2n) is 4.07. The molecule has 1 heterocycles. The van der Waals surface area contributed by atoms with E-state index in [9.17, 15) is 14.0 Å². The molecule has 0 fully saturated rings. The number of thioether (sulfide) groups is 1. The Kier molecular flexibility index (Phi) is 4.53. The van der Waals surface area contributed by atoms with Crippen molar-refractivity contribution in [1.82, 2.24) is 20.1 Å². The average molecular weight is 309 g/mol. The van der Waals surface area contributed by atoms with E-state index in [2.05, 4.69) is 10.2 Å². The Hall–Kier alpha value is -2.42. The Morgan fingerprint density at radius 2 is 2.00 bits per heavy atom. The standard InChI is InChI=1S/C12H12FN5O2S/c1-18-10(7-2-4-8(13)5-3-7)16-17-12(18)21-6-9(19)15-11(14)20/h2-5H,6H2,1H3,(H3,14,15,19,20). The number of rotatable bonds is 4. The highest BCUT2D eigenvalue weighted by Gasteiger charge is 2.13. The number of hydrogen-bond donors (Lipinski definition) is 2. The summed E-state index contributed by atoms with van der Waals surface area (Å²) in [5.74, 6) is -0.316. The van der Waals surface area contributed by atoms with Crippen molar-refractivity contribution >= 4 is 23.7 Å². The number of carbonyl (C=O) groups is 2. The number of nitrogens with two attached hydrogens (primary N) is 1. The molecule has 0 aliphatic carbocycles. The molecule has 3 amide bonds. The molecule has 7 nitrogen and oxygen atoms in total. The summed E-state index contributed by atoms with van der Waals surface area (Å²) in [7, 11) is 1.73. The van der Waals surface area contributed by atoms with Crippen molar-refractivity contribution in [3.05, 3.63) is 30.1 Å². The summed E-state index contributed by atoms with van der Waals surface area (Å²) in [5.41, 5.74) is 5.55. The van der Waals surface area contributed by atoms with E-state index in [1.54, 1.807) is 23.7 Å². The Balaban J connectivity index is 2.08. The van der Waals surface area contributed by atoms with Gasteiger partial charge >= 0.3 is 6.03 Å². The van der Waals surface area contributed by atoms with Gasteiger partial charge in [-0.05, 0) is 24.3 Å². The number of carbonyl (C=O) groups excluding carboxylic acids is 2. The second-order valence-corrected chi connectivity index (χ2v) is 5.02. The Bertz CT molecular complexity index is 671. The average Bonchev–Trinajstić information content (AvgIpc) is 2.78. The van der Waals surface area contributed by atoms with Gasteiger partial charge in [-0.3, -0.25) is 10.1 Å². The third-order valence-electron chi connectivity index (χ3n) is 2.53. The van der Waals surface area contributed by atoms with E-state index in [1.807, 2.05) is 5.32 Å². The van der Waals surface area contributed by atoms with Crippen molar-refractivity contribution < 1.29 is 14.0 Å². The lowest BCUT2D eigenvalue weighted by Gasteiger charge is -2.03. The Morgan fingerprint density at radius 3 is 2.62 bits per heavy atom. The molecule has 1 aromatic heterocycles. The van der Waals surface area contributed by atoms with Gasteiger partial charge in [0, 0.05) is 12.6 Å². The lowest BCUT2D eigenvalue weighted by atomic mass is 10.2. The summed E-state index contributed by atoms with van der Waals surface area (Å²) in [6, 6.07) is 4.95. The smallest absolute Gasteiger partial charge is 0.318 e. The van der Waals surface area contributed by atoms with E-state index in [0.29, 0.717) is 16.5 Å². The lowest BCUT2D eigenvalue weighted by molar-refractivity contribution is -0.117. The van der Waals surface area contributed by atoms with Crippen LogP contribution in [-0.4, -0.2) is 32.5 Å². The molecule has 0 saturated heterocycles. The fourth-order valence-electron chi connectivity index (χ4n) is 1.59. The predicted octanol–water partition coefficient (Wildman–Crippen LogP) is 0.908. The predicted molar refractivity (Wildman–Crippen MR) is 74.8 cm³/mol. The number of benzene rings is 1. The normalized spacial score (nSPS) is 10.4. The van der Waals surface area contributed by atoms with Gasteiger partial charge in [0.1, 0.15) is 5.82 Å². The number of primary amides is 1. The van der Waals surface area contributed by atoms with Crippen LogP contribution in [0.1, 0.15) is 0 Å². The van der Waals surface area contributed by atoms with Crippen LogP contribution in [-0.2, 0) is 11.8 Å². The van der Waals surface area contributed by atoms with Crippen molar-refractivity contribution in [2.24, 2.45) is 12.8 Å². The van der Waals surface area contributed by atoms with Crippen LogP contribution in [0.3, 0.4) is 0 Å². The van der Waals surface area contributed by atoms with E-state index in [-0.39, 0.29) is 11.6 Å². The molecule has 0 radical (unpaired) electrons. The molecular weight excluding hydrogens is 297 g/mol. The molecule has 110 valence electrons. The first-order valence-corrected chi connectivity index (χ1v) is 6.83. The number of aromatic nitrogens is 3. The quantitative estimate of drug-likeness (QED) is 0.817. The van der Waals surface area contributed by atoms with Crippen LogP contribution in [0, 0.1) is 5.82 Å². The molecule has 9 heteroatoms. The fourth-order valence-corrected chi connectivity index (χ4v) is 2.31. The van der Waals surface area contributed by atoms with Crippen molar-refractivity contribution in [3.63, 3.8) is 0 Å². The molecule has 0 aliphatic rings. The number of urea groups is 1. The zero-order valence-electron chi connectivity index (χ0n) is 11.0. The maximum Gasteiger partial charge on any atom is 0.318 e. The number of hydrogen-bond acceptors (Lipinski definition) is 5. The molecular formula is C12H12FN5O2S. The first kappa shape index (κ1) is 15.0. The molecule has 0 unspecified atom stereocenters. The first-order chi connectivity index (χ1) is 9.97. The molecule has 1 aromatic carbocycles. The topological polar surface area (TPSA) is 103 Å². The zero-order chi connectivity index (χ0) is 15.4. The van der Waals surface area contributed by atoms with E-state index < -0.39 is 11.9 Å². The largest absolute Gasteiger partial charge is 0.351 e. The van der Waals surface area contributed by atoms with Gasteiger partial charge in [-0.1, -0.05) is 11.8 Å². The molecule has 0 aliphatic heterocycles. The van der Waals surface area contributed by atoms with E-state index in [1.165, 1.54) is 12.1 Å². The van der Waals surface area contributed by atoms with Crippen molar-refractivity contribution in [3.8, 4) is 11.4 Å². The molecule has 3 N–H and O–H groups in total. The monoisotopic (exact) mass is 309 g/mol. The van der Waals surface area contributed by atoms with Crippen molar-refractivity contribution in [2.75, 3.05) is 5.75 Å². The minimum atomic E-state index is -0.898. The molecule has 0 atom stereocenters. The zero-order valence-corrected chi connectivity index (χ0v) is 11.9. The number of amides is 3. The second kappa shape index (κ2) is 6.35. The summed E-state index contributed by atoms with van der Waals surface area (Å²) in [4.78, 5) is 21.8. The molecule has 0 bridgehead atoms.